The second-order valence-corrected chi connectivity index (χ2v) is 2.81. The predicted octanol–water partition coefficient (Wildman–Crippen LogP) is 1.35. The fraction of sp³-hybridized carbons (Fsp3) is 0.200. The molecule has 4 heteroatoms. The van der Waals surface area contributed by atoms with Crippen molar-refractivity contribution in [3.05, 3.63) is 23.3 Å². The number of nitrogens with zero attached hydrogens (tertiary/aromatic N) is 1. The Morgan fingerprint density at radius 1 is 1.57 bits per heavy atom. The maximum absolute atomic E-state index is 11.2. The second-order valence-electron chi connectivity index (χ2n) is 2.81. The molecule has 2 N–H and O–H groups in total. The van der Waals surface area contributed by atoms with E-state index in [-0.39, 0.29) is 5.78 Å². The number of ketones is 1. The van der Waals surface area contributed by atoms with Crippen molar-refractivity contribution in [2.75, 3.05) is 12.8 Å². The summed E-state index contributed by atoms with van der Waals surface area (Å²) < 4.78 is 4.98. The van der Waals surface area contributed by atoms with Crippen LogP contribution < -0.4 is 10.5 Å². The Morgan fingerprint density at radius 3 is 2.64 bits per heavy atom. The molecular formula is C10H10N2O2. The third kappa shape index (κ3) is 1.67. The van der Waals surface area contributed by atoms with Crippen molar-refractivity contribution in [1.29, 1.82) is 5.26 Å². The lowest BCUT2D eigenvalue weighted by Gasteiger charge is -2.07. The lowest BCUT2D eigenvalue weighted by molar-refractivity contribution is 0.101. The van der Waals surface area contributed by atoms with Gasteiger partial charge in [-0.1, -0.05) is 0 Å². The van der Waals surface area contributed by atoms with Crippen molar-refractivity contribution >= 4 is 11.5 Å². The van der Waals surface area contributed by atoms with Gasteiger partial charge >= 0.3 is 0 Å². The number of rotatable bonds is 2. The molecule has 0 unspecified atom stereocenters. The summed E-state index contributed by atoms with van der Waals surface area (Å²) in [7, 11) is 1.44. The normalized spacial score (nSPS) is 9.21. The third-order valence-corrected chi connectivity index (χ3v) is 1.87. The standard InChI is InChI=1S/C10H10N2O2/c1-6(13)8-4-9(12)7(5-11)3-10(8)14-2/h3-4H,12H2,1-2H3. The first-order chi connectivity index (χ1) is 6.60. The summed E-state index contributed by atoms with van der Waals surface area (Å²) in [5.41, 5.74) is 6.56. The number of carbonyl (C=O) groups excluding carboxylic acids is 1. The first-order valence-corrected chi connectivity index (χ1v) is 3.98. The average molecular weight is 190 g/mol. The van der Waals surface area contributed by atoms with E-state index in [1.54, 1.807) is 0 Å². The smallest absolute Gasteiger partial charge is 0.163 e. The van der Waals surface area contributed by atoms with Crippen LogP contribution in [0.3, 0.4) is 0 Å². The maximum Gasteiger partial charge on any atom is 0.163 e. The quantitative estimate of drug-likeness (QED) is 0.564. The van der Waals surface area contributed by atoms with E-state index in [0.717, 1.165) is 0 Å². The minimum atomic E-state index is -0.141. The van der Waals surface area contributed by atoms with Gasteiger partial charge in [-0.05, 0) is 13.0 Å². The van der Waals surface area contributed by atoms with Crippen LogP contribution in [0.1, 0.15) is 22.8 Å². The number of Topliss-reactive ketones (excluding diaryl/α,β-unsaturated/α-hetero) is 1. The molecule has 0 saturated carbocycles. The van der Waals surface area contributed by atoms with E-state index in [1.165, 1.54) is 26.2 Å². The molecule has 0 aromatic heterocycles. The molecule has 0 atom stereocenters. The van der Waals surface area contributed by atoms with Crippen LogP contribution in [0.15, 0.2) is 12.1 Å². The SMILES string of the molecule is COc1cc(C#N)c(N)cc1C(C)=O. The number of hydrogen-bond acceptors (Lipinski definition) is 4. The molecule has 0 amide bonds. The van der Waals surface area contributed by atoms with Crippen molar-refractivity contribution in [3.63, 3.8) is 0 Å². The minimum absolute atomic E-state index is 0.141. The molecule has 0 aliphatic carbocycles. The number of methoxy groups -OCH3 is 1. The molecule has 0 bridgehead atoms. The van der Waals surface area contributed by atoms with Crippen molar-refractivity contribution in [2.45, 2.75) is 6.92 Å². The summed E-state index contributed by atoms with van der Waals surface area (Å²) in [6.45, 7) is 1.42. The largest absolute Gasteiger partial charge is 0.496 e. The van der Waals surface area contributed by atoms with Gasteiger partial charge in [0.15, 0.2) is 5.78 Å². The summed E-state index contributed by atoms with van der Waals surface area (Å²) >= 11 is 0. The number of nitrogen functional groups attached to an aromatic ring is 1. The zero-order valence-corrected chi connectivity index (χ0v) is 8.00. The molecule has 1 aromatic carbocycles. The molecule has 4 nitrogen and oxygen atoms in total. The molecule has 1 rings (SSSR count). The van der Waals surface area contributed by atoms with E-state index in [4.69, 9.17) is 15.7 Å². The highest BCUT2D eigenvalue weighted by Gasteiger charge is 2.11. The number of benzene rings is 1. The predicted molar refractivity (Wildman–Crippen MR) is 52.1 cm³/mol. The molecular weight excluding hydrogens is 180 g/mol. The van der Waals surface area contributed by atoms with Crippen LogP contribution in [-0.4, -0.2) is 12.9 Å². The van der Waals surface area contributed by atoms with Crippen molar-refractivity contribution in [2.24, 2.45) is 0 Å². The van der Waals surface area contributed by atoms with Crippen LogP contribution >= 0.6 is 0 Å². The molecule has 0 heterocycles. The molecule has 0 fully saturated rings. The fourth-order valence-corrected chi connectivity index (χ4v) is 1.14. The monoisotopic (exact) mass is 190 g/mol. The van der Waals surface area contributed by atoms with Crippen LogP contribution in [0.5, 0.6) is 5.75 Å². The highest BCUT2D eigenvalue weighted by molar-refractivity contribution is 5.98. The van der Waals surface area contributed by atoms with Crippen molar-refractivity contribution in [3.8, 4) is 11.8 Å². The van der Waals surface area contributed by atoms with Crippen LogP contribution in [0.2, 0.25) is 0 Å². The van der Waals surface area contributed by atoms with Crippen LogP contribution in [-0.2, 0) is 0 Å². The number of anilines is 1. The summed E-state index contributed by atoms with van der Waals surface area (Å²) in [5, 5.41) is 8.70. The molecule has 14 heavy (non-hydrogen) atoms. The molecule has 0 aliphatic heterocycles. The Kier molecular flexibility index (Phi) is 2.73. The minimum Gasteiger partial charge on any atom is -0.496 e. The third-order valence-electron chi connectivity index (χ3n) is 1.87. The van der Waals surface area contributed by atoms with E-state index < -0.39 is 0 Å². The van der Waals surface area contributed by atoms with Crippen LogP contribution in [0, 0.1) is 11.3 Å². The molecule has 0 spiro atoms. The zero-order chi connectivity index (χ0) is 10.7. The molecule has 72 valence electrons. The number of ether oxygens (including phenoxy) is 1. The van der Waals surface area contributed by atoms with Gasteiger partial charge in [0.2, 0.25) is 0 Å². The van der Waals surface area contributed by atoms with Gasteiger partial charge in [0.1, 0.15) is 11.8 Å². The summed E-state index contributed by atoms with van der Waals surface area (Å²) in [6, 6.07) is 4.84. The summed E-state index contributed by atoms with van der Waals surface area (Å²) in [5.74, 6) is 0.237. The van der Waals surface area contributed by atoms with E-state index >= 15 is 0 Å². The van der Waals surface area contributed by atoms with Gasteiger partial charge in [0.05, 0.1) is 23.9 Å². The lowest BCUT2D eigenvalue weighted by atomic mass is 10.1. The van der Waals surface area contributed by atoms with Gasteiger partial charge in [0, 0.05) is 6.07 Å². The Hall–Kier alpha value is -2.02. The molecule has 0 aliphatic rings. The van der Waals surface area contributed by atoms with Crippen LogP contribution in [0.4, 0.5) is 5.69 Å². The molecule has 1 aromatic rings. The van der Waals surface area contributed by atoms with Gasteiger partial charge in [0.25, 0.3) is 0 Å². The van der Waals surface area contributed by atoms with Gasteiger partial charge in [-0.3, -0.25) is 4.79 Å². The van der Waals surface area contributed by atoms with Gasteiger partial charge in [-0.15, -0.1) is 0 Å². The first-order valence-electron chi connectivity index (χ1n) is 3.98. The zero-order valence-electron chi connectivity index (χ0n) is 8.00. The fourth-order valence-electron chi connectivity index (χ4n) is 1.14. The molecule has 0 radical (unpaired) electrons. The second kappa shape index (κ2) is 3.79. The van der Waals surface area contributed by atoms with Crippen LogP contribution in [0.25, 0.3) is 0 Å². The number of nitriles is 1. The van der Waals surface area contributed by atoms with Crippen molar-refractivity contribution < 1.29 is 9.53 Å². The Balaban J connectivity index is 3.41. The van der Waals surface area contributed by atoms with E-state index in [1.807, 2.05) is 6.07 Å². The van der Waals surface area contributed by atoms with Crippen molar-refractivity contribution in [1.82, 2.24) is 0 Å². The average Bonchev–Trinajstić information content (AvgIpc) is 2.17. The maximum atomic E-state index is 11.2. The van der Waals surface area contributed by atoms with E-state index in [2.05, 4.69) is 0 Å². The van der Waals surface area contributed by atoms with E-state index in [9.17, 15) is 4.79 Å². The Bertz CT molecular complexity index is 419. The summed E-state index contributed by atoms with van der Waals surface area (Å²) in [4.78, 5) is 11.2. The Labute approximate surface area is 81.9 Å². The number of hydrogen-bond donors (Lipinski definition) is 1. The highest BCUT2D eigenvalue weighted by atomic mass is 16.5. The van der Waals surface area contributed by atoms with E-state index in [0.29, 0.717) is 22.6 Å². The number of nitrogens with two attached hydrogens (primary N) is 1. The highest BCUT2D eigenvalue weighted by Crippen LogP contribution is 2.25. The summed E-state index contributed by atoms with van der Waals surface area (Å²) in [6.07, 6.45) is 0. The molecule has 0 saturated heterocycles. The van der Waals surface area contributed by atoms with Gasteiger partial charge in [-0.25, -0.2) is 0 Å². The Morgan fingerprint density at radius 2 is 2.21 bits per heavy atom. The van der Waals surface area contributed by atoms with Gasteiger partial charge in [-0.2, -0.15) is 5.26 Å². The lowest BCUT2D eigenvalue weighted by Crippen LogP contribution is -2.01. The topological polar surface area (TPSA) is 76.1 Å². The first kappa shape index (κ1) is 10.1. The number of carbonyl (C=O) groups is 1. The van der Waals surface area contributed by atoms with Gasteiger partial charge < -0.3 is 10.5 Å².